The van der Waals surface area contributed by atoms with Gasteiger partial charge in [-0.05, 0) is 46.1 Å². The molecule has 4 aromatic rings. The van der Waals surface area contributed by atoms with Crippen molar-refractivity contribution in [2.24, 2.45) is 0 Å². The highest BCUT2D eigenvalue weighted by Gasteiger charge is 2.16. The molecule has 0 spiro atoms. The van der Waals surface area contributed by atoms with Crippen molar-refractivity contribution < 1.29 is 9.53 Å². The first kappa shape index (κ1) is 17.3. The maximum Gasteiger partial charge on any atom is 0.268 e. The van der Waals surface area contributed by atoms with E-state index in [2.05, 4.69) is 41.8 Å². The lowest BCUT2D eigenvalue weighted by Crippen LogP contribution is -2.13. The van der Waals surface area contributed by atoms with E-state index in [0.29, 0.717) is 27.9 Å². The molecule has 1 aromatic carbocycles. The second-order valence-electron chi connectivity index (χ2n) is 5.29. The number of halogens is 1. The van der Waals surface area contributed by atoms with Gasteiger partial charge >= 0.3 is 0 Å². The molecule has 0 saturated carbocycles. The molecule has 4 rings (SSSR count). The van der Waals surface area contributed by atoms with E-state index in [0.717, 1.165) is 4.47 Å². The van der Waals surface area contributed by atoms with Crippen molar-refractivity contribution in [1.82, 2.24) is 25.2 Å². The van der Waals surface area contributed by atoms with Gasteiger partial charge in [-0.1, -0.05) is 22.0 Å². The van der Waals surface area contributed by atoms with Crippen molar-refractivity contribution in [2.45, 2.75) is 0 Å². The van der Waals surface area contributed by atoms with E-state index in [9.17, 15) is 4.79 Å². The molecule has 1 amide bonds. The number of aromatic nitrogens is 5. The number of tetrazole rings is 1. The van der Waals surface area contributed by atoms with Crippen molar-refractivity contribution in [3.8, 4) is 17.3 Å². The van der Waals surface area contributed by atoms with Crippen LogP contribution in [0.1, 0.15) is 9.67 Å². The molecule has 0 atom stereocenters. The van der Waals surface area contributed by atoms with Crippen LogP contribution in [0.4, 0.5) is 5.69 Å². The summed E-state index contributed by atoms with van der Waals surface area (Å²) in [5.74, 6) is 0.827. The van der Waals surface area contributed by atoms with Gasteiger partial charge in [0.15, 0.2) is 0 Å². The predicted molar refractivity (Wildman–Crippen MR) is 103 cm³/mol. The number of rotatable bonds is 5. The molecular weight excluding hydrogens is 432 g/mol. The van der Waals surface area contributed by atoms with Crippen LogP contribution in [0.25, 0.3) is 5.69 Å². The van der Waals surface area contributed by atoms with Crippen molar-refractivity contribution in [3.05, 3.63) is 69.7 Å². The third-order valence-electron chi connectivity index (χ3n) is 3.46. The monoisotopic (exact) mass is 442 g/mol. The topological polar surface area (TPSA) is 94.8 Å². The van der Waals surface area contributed by atoms with E-state index in [4.69, 9.17) is 4.74 Å². The molecule has 3 heterocycles. The summed E-state index contributed by atoms with van der Waals surface area (Å²) in [7, 11) is 0. The Morgan fingerprint density at radius 2 is 2.15 bits per heavy atom. The van der Waals surface area contributed by atoms with Crippen LogP contribution in [0.5, 0.6) is 11.6 Å². The van der Waals surface area contributed by atoms with Crippen molar-refractivity contribution in [3.63, 3.8) is 0 Å². The van der Waals surface area contributed by atoms with Crippen LogP contribution in [-0.4, -0.2) is 31.1 Å². The number of thiophene rings is 1. The number of amides is 1. The zero-order chi connectivity index (χ0) is 18.6. The van der Waals surface area contributed by atoms with E-state index >= 15 is 0 Å². The number of carbonyl (C=O) groups is 1. The number of ether oxygens (including phenoxy) is 1. The summed E-state index contributed by atoms with van der Waals surface area (Å²) in [5, 5.41) is 15.6. The molecule has 0 fully saturated rings. The predicted octanol–water partition coefficient (Wildman–Crippen LogP) is 3.93. The largest absolute Gasteiger partial charge is 0.439 e. The summed E-state index contributed by atoms with van der Waals surface area (Å²) in [4.78, 5) is 17.3. The Hall–Kier alpha value is -3.11. The average Bonchev–Trinajstić information content (AvgIpc) is 3.35. The molecule has 27 heavy (non-hydrogen) atoms. The van der Waals surface area contributed by atoms with Crippen LogP contribution in [0.2, 0.25) is 0 Å². The molecule has 0 bridgehead atoms. The first-order valence-corrected chi connectivity index (χ1v) is 9.38. The Morgan fingerprint density at radius 1 is 1.22 bits per heavy atom. The molecule has 0 saturated heterocycles. The van der Waals surface area contributed by atoms with E-state index in [1.165, 1.54) is 28.5 Å². The first-order valence-electron chi connectivity index (χ1n) is 7.71. The molecule has 0 aliphatic heterocycles. The molecule has 0 aliphatic rings. The minimum Gasteiger partial charge on any atom is -0.439 e. The highest BCUT2D eigenvalue weighted by Crippen LogP contribution is 2.25. The van der Waals surface area contributed by atoms with Crippen LogP contribution in [-0.2, 0) is 0 Å². The standard InChI is InChI=1S/C17H11BrN6O2S/c18-11-2-1-3-13(8-11)26-15-5-4-12(9-19-15)21-17(25)16-14(6-7-27-16)24-10-20-22-23-24/h1-10H,(H,21,25). The fraction of sp³-hybridized carbons (Fsp3) is 0. The highest BCUT2D eigenvalue weighted by molar-refractivity contribution is 9.10. The van der Waals surface area contributed by atoms with Gasteiger partial charge < -0.3 is 10.1 Å². The zero-order valence-electron chi connectivity index (χ0n) is 13.6. The molecule has 10 heteroatoms. The number of hydrogen-bond acceptors (Lipinski definition) is 7. The van der Waals surface area contributed by atoms with Gasteiger partial charge in [0.05, 0.1) is 17.6 Å². The van der Waals surface area contributed by atoms with E-state index in [1.807, 2.05) is 24.3 Å². The lowest BCUT2D eigenvalue weighted by atomic mass is 10.3. The van der Waals surface area contributed by atoms with E-state index in [1.54, 1.807) is 23.6 Å². The second-order valence-corrected chi connectivity index (χ2v) is 7.12. The van der Waals surface area contributed by atoms with Gasteiger partial charge in [0.1, 0.15) is 17.0 Å². The smallest absolute Gasteiger partial charge is 0.268 e. The number of nitrogens with zero attached hydrogens (tertiary/aromatic N) is 5. The minimum atomic E-state index is -0.266. The molecule has 0 aliphatic carbocycles. The minimum absolute atomic E-state index is 0.266. The maximum absolute atomic E-state index is 12.6. The number of anilines is 1. The van der Waals surface area contributed by atoms with Gasteiger partial charge in [0.2, 0.25) is 5.88 Å². The molecule has 3 aromatic heterocycles. The van der Waals surface area contributed by atoms with Crippen LogP contribution in [0.15, 0.2) is 64.8 Å². The van der Waals surface area contributed by atoms with Gasteiger partial charge in [-0.15, -0.1) is 16.4 Å². The Labute approximate surface area is 166 Å². The Morgan fingerprint density at radius 3 is 2.89 bits per heavy atom. The summed E-state index contributed by atoms with van der Waals surface area (Å²) >= 11 is 4.70. The number of carbonyl (C=O) groups excluding carboxylic acids is 1. The van der Waals surface area contributed by atoms with Gasteiger partial charge in [-0.2, -0.15) is 4.68 Å². The number of benzene rings is 1. The average molecular weight is 443 g/mol. The molecular formula is C17H11BrN6O2S. The first-order chi connectivity index (χ1) is 13.2. The third-order valence-corrected chi connectivity index (χ3v) is 4.85. The lowest BCUT2D eigenvalue weighted by Gasteiger charge is -2.08. The molecule has 0 radical (unpaired) electrons. The van der Waals surface area contributed by atoms with Crippen molar-refractivity contribution in [2.75, 3.05) is 5.32 Å². The normalized spacial score (nSPS) is 10.6. The quantitative estimate of drug-likeness (QED) is 0.503. The molecule has 0 unspecified atom stereocenters. The van der Waals surface area contributed by atoms with Gasteiger partial charge in [0.25, 0.3) is 5.91 Å². The fourth-order valence-electron chi connectivity index (χ4n) is 2.28. The summed E-state index contributed by atoms with van der Waals surface area (Å²) in [6.45, 7) is 0. The Balaban J connectivity index is 1.46. The second kappa shape index (κ2) is 7.64. The molecule has 8 nitrogen and oxygen atoms in total. The highest BCUT2D eigenvalue weighted by atomic mass is 79.9. The Bertz CT molecular complexity index is 1070. The van der Waals surface area contributed by atoms with Crippen molar-refractivity contribution in [1.29, 1.82) is 0 Å². The summed E-state index contributed by atoms with van der Waals surface area (Å²) < 4.78 is 8.04. The summed E-state index contributed by atoms with van der Waals surface area (Å²) in [5.41, 5.74) is 1.17. The van der Waals surface area contributed by atoms with Crippen LogP contribution in [0.3, 0.4) is 0 Å². The summed E-state index contributed by atoms with van der Waals surface area (Å²) in [6.07, 6.45) is 2.98. The fourth-order valence-corrected chi connectivity index (χ4v) is 3.43. The zero-order valence-corrected chi connectivity index (χ0v) is 16.0. The van der Waals surface area contributed by atoms with E-state index in [-0.39, 0.29) is 5.91 Å². The molecule has 134 valence electrons. The number of pyridine rings is 1. The van der Waals surface area contributed by atoms with Gasteiger partial charge in [-0.25, -0.2) is 4.98 Å². The van der Waals surface area contributed by atoms with Crippen LogP contribution < -0.4 is 10.1 Å². The summed E-state index contributed by atoms with van der Waals surface area (Å²) in [6, 6.07) is 12.7. The SMILES string of the molecule is O=C(Nc1ccc(Oc2cccc(Br)c2)nc1)c1sccc1-n1cnnn1. The Kier molecular flexibility index (Phi) is 4.90. The van der Waals surface area contributed by atoms with Crippen molar-refractivity contribution >= 4 is 38.9 Å². The van der Waals surface area contributed by atoms with Gasteiger partial charge in [-0.3, -0.25) is 4.79 Å². The lowest BCUT2D eigenvalue weighted by molar-refractivity contribution is 0.103. The number of nitrogens with one attached hydrogen (secondary N) is 1. The molecule has 1 N–H and O–H groups in total. The van der Waals surface area contributed by atoms with Gasteiger partial charge in [0, 0.05) is 10.5 Å². The van der Waals surface area contributed by atoms with E-state index < -0.39 is 0 Å². The van der Waals surface area contributed by atoms with Crippen LogP contribution >= 0.6 is 27.3 Å². The van der Waals surface area contributed by atoms with Crippen LogP contribution in [0, 0.1) is 0 Å². The third kappa shape index (κ3) is 4.01. The maximum atomic E-state index is 12.6. The number of hydrogen-bond donors (Lipinski definition) is 1.